The van der Waals surface area contributed by atoms with Crippen molar-refractivity contribution in [2.45, 2.75) is 65.5 Å². The van der Waals surface area contributed by atoms with Gasteiger partial charge in [-0.3, -0.25) is 0 Å². The molecule has 4 N–H and O–H groups in total. The van der Waals surface area contributed by atoms with Crippen LogP contribution in [0.15, 0.2) is 0 Å². The van der Waals surface area contributed by atoms with Gasteiger partial charge >= 0.3 is 0 Å². The molecule has 0 aliphatic carbocycles. The summed E-state index contributed by atoms with van der Waals surface area (Å²) in [4.78, 5) is 3.94. The molecule has 0 rings (SSSR count). The molecular weight excluding hydrogens is 487 g/mol. The van der Waals surface area contributed by atoms with Gasteiger partial charge in [0, 0.05) is 51.1 Å². The third kappa shape index (κ3) is 45.6. The van der Waals surface area contributed by atoms with Gasteiger partial charge in [0.2, 0.25) is 0 Å². The van der Waals surface area contributed by atoms with Crippen LogP contribution in [0.25, 0.3) is 0 Å². The summed E-state index contributed by atoms with van der Waals surface area (Å²) in [6, 6.07) is 0.583. The molecule has 0 spiro atoms. The number of rotatable bonds is 8. The second kappa shape index (κ2) is 32.3. The molecule has 0 aliphatic heterocycles. The van der Waals surface area contributed by atoms with Crippen molar-refractivity contribution in [2.75, 3.05) is 54.6 Å². The van der Waals surface area contributed by atoms with Crippen LogP contribution < -0.4 is 0 Å². The number of unbranched alkanes of at least 4 members (excludes halogenated alkanes) is 2. The SMILES string of the molecule is CC(CO)N(C)C.CC(CO)N(C)C.CCCCO.CCCCO.[Hf]. The topological polar surface area (TPSA) is 87.4 Å². The molecule has 0 aromatic heterocycles. The minimum atomic E-state index is 0. The van der Waals surface area contributed by atoms with Crippen molar-refractivity contribution in [1.82, 2.24) is 9.80 Å². The summed E-state index contributed by atoms with van der Waals surface area (Å²) in [7, 11) is 7.78. The Morgan fingerprint density at radius 1 is 0.640 bits per heavy atom. The Labute approximate surface area is 176 Å². The largest absolute Gasteiger partial charge is 0.396 e. The third-order valence-electron chi connectivity index (χ3n) is 3.31. The quantitative estimate of drug-likeness (QED) is 0.354. The molecule has 0 aliphatic rings. The van der Waals surface area contributed by atoms with Gasteiger partial charge in [-0.15, -0.1) is 0 Å². The van der Waals surface area contributed by atoms with E-state index in [9.17, 15) is 0 Å². The molecule has 0 heterocycles. The molecule has 25 heavy (non-hydrogen) atoms. The molecule has 0 fully saturated rings. The van der Waals surface area contributed by atoms with Crippen molar-refractivity contribution in [1.29, 1.82) is 0 Å². The van der Waals surface area contributed by atoms with E-state index in [2.05, 4.69) is 13.8 Å². The average molecular weight is 533 g/mol. The Hall–Kier alpha value is 0.630. The van der Waals surface area contributed by atoms with E-state index >= 15 is 0 Å². The first-order valence-electron chi connectivity index (χ1n) is 8.96. The van der Waals surface area contributed by atoms with Crippen molar-refractivity contribution in [3.8, 4) is 0 Å². The molecule has 2 unspecified atom stereocenters. The Morgan fingerprint density at radius 2 is 0.880 bits per heavy atom. The maximum absolute atomic E-state index is 8.46. The number of aliphatic hydroxyl groups excluding tert-OH is 4. The summed E-state index contributed by atoms with van der Waals surface area (Å²) in [5.74, 6) is 0. The van der Waals surface area contributed by atoms with Crippen molar-refractivity contribution >= 4 is 0 Å². The monoisotopic (exact) mass is 534 g/mol. The Balaban J connectivity index is -0.0000000711. The van der Waals surface area contributed by atoms with Crippen LogP contribution in [-0.4, -0.2) is 96.9 Å². The molecule has 0 radical (unpaired) electrons. The maximum atomic E-state index is 8.46. The fraction of sp³-hybridized carbons (Fsp3) is 1.00. The van der Waals surface area contributed by atoms with Crippen LogP contribution in [0.1, 0.15) is 53.4 Å². The smallest absolute Gasteiger partial charge is 0.0583 e. The second-order valence-corrected chi connectivity index (χ2v) is 6.14. The molecule has 0 saturated carbocycles. The standard InChI is InChI=1S/2C5H13NO.2C4H10O.Hf/c2*1-5(4-7)6(2)3;2*1-2-3-4-5;/h2*5,7H,4H2,1-3H3;2*5H,2-4H2,1H3;. The minimum absolute atomic E-state index is 0. The van der Waals surface area contributed by atoms with E-state index in [1.54, 1.807) is 0 Å². The van der Waals surface area contributed by atoms with Gasteiger partial charge in [-0.25, -0.2) is 0 Å². The van der Waals surface area contributed by atoms with Gasteiger partial charge in [-0.2, -0.15) is 0 Å². The molecule has 7 heteroatoms. The summed E-state index contributed by atoms with van der Waals surface area (Å²) in [5.41, 5.74) is 0. The van der Waals surface area contributed by atoms with Gasteiger partial charge in [-0.1, -0.05) is 26.7 Å². The third-order valence-corrected chi connectivity index (χ3v) is 3.31. The summed E-state index contributed by atoms with van der Waals surface area (Å²) < 4.78 is 0. The van der Waals surface area contributed by atoms with E-state index in [0.29, 0.717) is 25.3 Å². The maximum Gasteiger partial charge on any atom is 0.0583 e. The van der Waals surface area contributed by atoms with E-state index in [1.807, 2.05) is 51.8 Å². The fourth-order valence-electron chi connectivity index (χ4n) is 0.643. The molecule has 0 saturated heterocycles. The zero-order chi connectivity index (χ0) is 20.0. The van der Waals surface area contributed by atoms with Crippen LogP contribution in [0.2, 0.25) is 0 Å². The normalized spacial score (nSPS) is 11.8. The number of likely N-dealkylation sites (N-methyl/N-ethyl adjacent to an activating group) is 2. The van der Waals surface area contributed by atoms with Crippen LogP contribution in [0.3, 0.4) is 0 Å². The molecule has 0 bridgehead atoms. The van der Waals surface area contributed by atoms with Crippen LogP contribution >= 0.6 is 0 Å². The first-order chi connectivity index (χ1) is 11.2. The first kappa shape index (κ1) is 36.5. The minimum Gasteiger partial charge on any atom is -0.396 e. The van der Waals surface area contributed by atoms with Gasteiger partial charge in [0.05, 0.1) is 13.2 Å². The Kier molecular flexibility index (Phi) is 47.2. The fourth-order valence-corrected chi connectivity index (χ4v) is 0.643. The van der Waals surface area contributed by atoms with Crippen LogP contribution in [0.4, 0.5) is 0 Å². The van der Waals surface area contributed by atoms with Crippen LogP contribution in [0.5, 0.6) is 0 Å². The molecule has 6 nitrogen and oxygen atoms in total. The van der Waals surface area contributed by atoms with Crippen molar-refractivity contribution in [3.63, 3.8) is 0 Å². The summed E-state index contributed by atoms with van der Waals surface area (Å²) in [6.07, 6.45) is 4.08. The Bertz CT molecular complexity index is 176. The predicted octanol–water partition coefficient (Wildman–Crippen LogP) is 1.41. The first-order valence-corrected chi connectivity index (χ1v) is 8.96. The van der Waals surface area contributed by atoms with Gasteiger partial charge in [-0.05, 0) is 54.9 Å². The number of hydrogen-bond acceptors (Lipinski definition) is 6. The molecule has 0 aromatic carbocycles. The molecular formula is C18H46HfN2O4. The predicted molar refractivity (Wildman–Crippen MR) is 104 cm³/mol. The van der Waals surface area contributed by atoms with E-state index in [-0.39, 0.29) is 39.1 Å². The van der Waals surface area contributed by atoms with Crippen molar-refractivity contribution < 1.29 is 46.3 Å². The van der Waals surface area contributed by atoms with Crippen LogP contribution in [0, 0.1) is 0 Å². The summed E-state index contributed by atoms with van der Waals surface area (Å²) >= 11 is 0. The zero-order valence-corrected chi connectivity index (χ0v) is 21.6. The van der Waals surface area contributed by atoms with Crippen LogP contribution in [-0.2, 0) is 25.8 Å². The van der Waals surface area contributed by atoms with Crippen molar-refractivity contribution in [2.24, 2.45) is 0 Å². The molecule has 156 valence electrons. The van der Waals surface area contributed by atoms with E-state index in [0.717, 1.165) is 25.7 Å². The zero-order valence-electron chi connectivity index (χ0n) is 18.0. The van der Waals surface area contributed by atoms with Gasteiger partial charge < -0.3 is 30.2 Å². The number of aliphatic hydroxyl groups is 4. The second-order valence-electron chi connectivity index (χ2n) is 6.14. The van der Waals surface area contributed by atoms with E-state index in [4.69, 9.17) is 20.4 Å². The van der Waals surface area contributed by atoms with Gasteiger partial charge in [0.15, 0.2) is 0 Å². The Morgan fingerprint density at radius 3 is 0.880 bits per heavy atom. The number of hydrogen-bond donors (Lipinski definition) is 4. The summed E-state index contributed by atoms with van der Waals surface area (Å²) in [6.45, 7) is 9.22. The van der Waals surface area contributed by atoms with E-state index in [1.165, 1.54) is 0 Å². The molecule has 0 aromatic rings. The summed E-state index contributed by atoms with van der Waals surface area (Å²) in [5, 5.41) is 33.1. The van der Waals surface area contributed by atoms with Gasteiger partial charge in [0.1, 0.15) is 0 Å². The average Bonchev–Trinajstić information content (AvgIpc) is 2.56. The molecule has 0 amide bonds. The number of nitrogens with zero attached hydrogens (tertiary/aromatic N) is 2. The van der Waals surface area contributed by atoms with E-state index < -0.39 is 0 Å². The molecule has 2 atom stereocenters. The van der Waals surface area contributed by atoms with Crippen molar-refractivity contribution in [3.05, 3.63) is 0 Å². The van der Waals surface area contributed by atoms with Gasteiger partial charge in [0.25, 0.3) is 0 Å².